The van der Waals surface area contributed by atoms with Crippen molar-refractivity contribution in [3.05, 3.63) is 47.8 Å². The molecule has 0 aliphatic carbocycles. The maximum Gasteiger partial charge on any atom is 0.162 e. The molecule has 0 atom stereocenters. The molecule has 1 heterocycles. The Labute approximate surface area is 120 Å². The van der Waals surface area contributed by atoms with E-state index in [1.807, 2.05) is 24.3 Å². The molecule has 2 aromatic carbocycles. The Morgan fingerprint density at radius 2 is 1.90 bits per heavy atom. The molecule has 5 heteroatoms. The number of ether oxygens (including phenoxy) is 2. The number of rotatable bonds is 3. The van der Waals surface area contributed by atoms with E-state index in [2.05, 4.69) is 0 Å². The SMILES string of the molecule is NCc1cccc(F)c1Sc1ccc2c(c1)OCCO2. The predicted octanol–water partition coefficient (Wildman–Crippen LogP) is 3.21. The molecule has 1 aliphatic heterocycles. The molecule has 3 nitrogen and oxygen atoms in total. The second-order valence-electron chi connectivity index (χ2n) is 4.34. The molecule has 1 aliphatic rings. The number of fused-ring (bicyclic) bond motifs is 1. The summed E-state index contributed by atoms with van der Waals surface area (Å²) in [4.78, 5) is 1.46. The minimum absolute atomic E-state index is 0.257. The van der Waals surface area contributed by atoms with E-state index in [0.29, 0.717) is 30.4 Å². The monoisotopic (exact) mass is 291 g/mol. The van der Waals surface area contributed by atoms with Crippen LogP contribution in [0.1, 0.15) is 5.56 Å². The molecule has 0 saturated carbocycles. The van der Waals surface area contributed by atoms with E-state index in [1.54, 1.807) is 6.07 Å². The molecule has 0 bridgehead atoms. The van der Waals surface area contributed by atoms with E-state index in [-0.39, 0.29) is 5.82 Å². The normalized spacial score (nSPS) is 13.3. The first-order valence-electron chi connectivity index (χ1n) is 6.33. The van der Waals surface area contributed by atoms with Gasteiger partial charge in [-0.1, -0.05) is 23.9 Å². The second kappa shape index (κ2) is 5.73. The fraction of sp³-hybridized carbons (Fsp3) is 0.200. The predicted molar refractivity (Wildman–Crippen MR) is 75.8 cm³/mol. The maximum atomic E-state index is 13.9. The Balaban J connectivity index is 1.92. The third-order valence-corrected chi connectivity index (χ3v) is 4.15. The molecule has 20 heavy (non-hydrogen) atoms. The summed E-state index contributed by atoms with van der Waals surface area (Å²) in [5, 5.41) is 0. The van der Waals surface area contributed by atoms with Gasteiger partial charge in [-0.25, -0.2) is 4.39 Å². The third kappa shape index (κ3) is 2.59. The van der Waals surface area contributed by atoms with Crippen molar-refractivity contribution < 1.29 is 13.9 Å². The van der Waals surface area contributed by atoms with Crippen LogP contribution < -0.4 is 15.2 Å². The number of nitrogens with two attached hydrogens (primary N) is 1. The first-order chi connectivity index (χ1) is 9.78. The van der Waals surface area contributed by atoms with Gasteiger partial charge < -0.3 is 15.2 Å². The van der Waals surface area contributed by atoms with E-state index in [1.165, 1.54) is 17.8 Å². The largest absolute Gasteiger partial charge is 0.486 e. The van der Waals surface area contributed by atoms with Gasteiger partial charge in [0.15, 0.2) is 11.5 Å². The Kier molecular flexibility index (Phi) is 3.80. The van der Waals surface area contributed by atoms with Gasteiger partial charge in [-0.15, -0.1) is 0 Å². The smallest absolute Gasteiger partial charge is 0.162 e. The van der Waals surface area contributed by atoms with Crippen molar-refractivity contribution in [1.29, 1.82) is 0 Å². The van der Waals surface area contributed by atoms with Crippen molar-refractivity contribution >= 4 is 11.8 Å². The van der Waals surface area contributed by atoms with Gasteiger partial charge in [0, 0.05) is 11.4 Å². The van der Waals surface area contributed by atoms with Crippen LogP contribution in [0, 0.1) is 5.82 Å². The molecule has 2 aromatic rings. The lowest BCUT2D eigenvalue weighted by atomic mass is 10.2. The zero-order valence-electron chi connectivity index (χ0n) is 10.8. The van der Waals surface area contributed by atoms with Crippen molar-refractivity contribution in [2.45, 2.75) is 16.3 Å². The van der Waals surface area contributed by atoms with Gasteiger partial charge in [0.1, 0.15) is 19.0 Å². The first-order valence-corrected chi connectivity index (χ1v) is 7.14. The van der Waals surface area contributed by atoms with Gasteiger partial charge >= 0.3 is 0 Å². The van der Waals surface area contributed by atoms with Gasteiger partial charge in [-0.3, -0.25) is 0 Å². The maximum absolute atomic E-state index is 13.9. The quantitative estimate of drug-likeness (QED) is 0.943. The fourth-order valence-corrected chi connectivity index (χ4v) is 3.02. The number of hydrogen-bond acceptors (Lipinski definition) is 4. The Bertz CT molecular complexity index is 633. The average molecular weight is 291 g/mol. The van der Waals surface area contributed by atoms with Crippen LogP contribution in [0.5, 0.6) is 11.5 Å². The van der Waals surface area contributed by atoms with E-state index in [0.717, 1.165) is 16.2 Å². The molecule has 0 saturated heterocycles. The molecule has 0 aromatic heterocycles. The van der Waals surface area contributed by atoms with Crippen molar-refractivity contribution in [3.8, 4) is 11.5 Å². The average Bonchev–Trinajstić information content (AvgIpc) is 2.49. The summed E-state index contributed by atoms with van der Waals surface area (Å²) in [5.41, 5.74) is 6.46. The molecule has 0 radical (unpaired) electrons. The van der Waals surface area contributed by atoms with Crippen molar-refractivity contribution in [1.82, 2.24) is 0 Å². The van der Waals surface area contributed by atoms with Crippen molar-refractivity contribution in [2.75, 3.05) is 13.2 Å². The van der Waals surface area contributed by atoms with Gasteiger partial charge in [0.2, 0.25) is 0 Å². The van der Waals surface area contributed by atoms with Crippen LogP contribution in [0.4, 0.5) is 4.39 Å². The third-order valence-electron chi connectivity index (χ3n) is 3.00. The summed E-state index contributed by atoms with van der Waals surface area (Å²) in [5.74, 6) is 1.17. The minimum Gasteiger partial charge on any atom is -0.486 e. The van der Waals surface area contributed by atoms with E-state index in [9.17, 15) is 4.39 Å². The highest BCUT2D eigenvalue weighted by molar-refractivity contribution is 7.99. The van der Waals surface area contributed by atoms with Gasteiger partial charge in [0.05, 0.1) is 4.90 Å². The van der Waals surface area contributed by atoms with Crippen LogP contribution in [0.3, 0.4) is 0 Å². The van der Waals surface area contributed by atoms with Crippen LogP contribution >= 0.6 is 11.8 Å². The summed E-state index contributed by atoms with van der Waals surface area (Å²) in [7, 11) is 0. The lowest BCUT2D eigenvalue weighted by molar-refractivity contribution is 0.171. The first kappa shape index (κ1) is 13.3. The summed E-state index contributed by atoms with van der Waals surface area (Å²) in [6.07, 6.45) is 0. The highest BCUT2D eigenvalue weighted by Crippen LogP contribution is 2.38. The standard InChI is InChI=1S/C15H14FNO2S/c16-12-3-1-2-10(9-17)15(12)20-11-4-5-13-14(8-11)19-7-6-18-13/h1-5,8H,6-7,9,17H2. The van der Waals surface area contributed by atoms with Crippen LogP contribution in [0.2, 0.25) is 0 Å². The van der Waals surface area contributed by atoms with Crippen molar-refractivity contribution in [2.24, 2.45) is 5.73 Å². The van der Waals surface area contributed by atoms with Gasteiger partial charge in [-0.05, 0) is 29.8 Å². The summed E-state index contributed by atoms with van der Waals surface area (Å²) in [6.45, 7) is 1.41. The zero-order valence-corrected chi connectivity index (χ0v) is 11.6. The Morgan fingerprint density at radius 3 is 2.70 bits per heavy atom. The highest BCUT2D eigenvalue weighted by Gasteiger charge is 2.14. The van der Waals surface area contributed by atoms with Crippen LogP contribution in [0.15, 0.2) is 46.2 Å². The molecule has 0 unspecified atom stereocenters. The van der Waals surface area contributed by atoms with Crippen LogP contribution in [-0.2, 0) is 6.54 Å². The summed E-state index contributed by atoms with van der Waals surface area (Å²) < 4.78 is 24.9. The second-order valence-corrected chi connectivity index (χ2v) is 5.42. The van der Waals surface area contributed by atoms with Crippen LogP contribution in [-0.4, -0.2) is 13.2 Å². The molecular formula is C15H14FNO2S. The Hall–Kier alpha value is -1.72. The lowest BCUT2D eigenvalue weighted by Gasteiger charge is -2.19. The van der Waals surface area contributed by atoms with Gasteiger partial charge in [0.25, 0.3) is 0 Å². The van der Waals surface area contributed by atoms with E-state index in [4.69, 9.17) is 15.2 Å². The fourth-order valence-electron chi connectivity index (χ4n) is 2.03. The zero-order chi connectivity index (χ0) is 13.9. The molecular weight excluding hydrogens is 277 g/mol. The molecule has 0 amide bonds. The van der Waals surface area contributed by atoms with E-state index >= 15 is 0 Å². The molecule has 0 fully saturated rings. The number of benzene rings is 2. The number of hydrogen-bond donors (Lipinski definition) is 1. The van der Waals surface area contributed by atoms with Crippen molar-refractivity contribution in [3.63, 3.8) is 0 Å². The van der Waals surface area contributed by atoms with E-state index < -0.39 is 0 Å². The molecule has 3 rings (SSSR count). The molecule has 2 N–H and O–H groups in total. The van der Waals surface area contributed by atoms with Gasteiger partial charge in [-0.2, -0.15) is 0 Å². The number of halogens is 1. The summed E-state index contributed by atoms with van der Waals surface area (Å²) in [6, 6.07) is 10.6. The Morgan fingerprint density at radius 1 is 1.10 bits per heavy atom. The van der Waals surface area contributed by atoms with Crippen LogP contribution in [0.25, 0.3) is 0 Å². The topological polar surface area (TPSA) is 44.5 Å². The highest BCUT2D eigenvalue weighted by atomic mass is 32.2. The lowest BCUT2D eigenvalue weighted by Crippen LogP contribution is -2.15. The summed E-state index contributed by atoms with van der Waals surface area (Å²) >= 11 is 1.35. The molecule has 104 valence electrons. The minimum atomic E-state index is -0.257. The molecule has 0 spiro atoms.